The van der Waals surface area contributed by atoms with Crippen molar-refractivity contribution in [2.24, 2.45) is 0 Å². The molecule has 7 heteroatoms. The minimum atomic E-state index is -0.608. The number of aromatic nitrogens is 2. The van der Waals surface area contributed by atoms with Crippen LogP contribution in [0.2, 0.25) is 0 Å². The molecule has 1 aromatic rings. The molecule has 1 rings (SSSR count). The standard InChI is InChI=1S/C12H20N4O3/c1-5-6-7-19-10-8(16(17)18)9(13)14-11(15-10)12(2,3)4/h5-7H2,1-4H3,(H2,13,14,15). The lowest BCUT2D eigenvalue weighted by molar-refractivity contribution is -0.385. The van der Waals surface area contributed by atoms with Gasteiger partial charge in [-0.3, -0.25) is 10.1 Å². The third-order valence-corrected chi connectivity index (χ3v) is 2.47. The molecule has 0 saturated carbocycles. The summed E-state index contributed by atoms with van der Waals surface area (Å²) in [6.07, 6.45) is 1.73. The molecule has 0 atom stereocenters. The van der Waals surface area contributed by atoms with E-state index in [-0.39, 0.29) is 22.8 Å². The van der Waals surface area contributed by atoms with Gasteiger partial charge in [0.1, 0.15) is 5.82 Å². The molecular formula is C12H20N4O3. The van der Waals surface area contributed by atoms with Gasteiger partial charge >= 0.3 is 5.69 Å². The Kier molecular flexibility index (Phi) is 4.63. The molecule has 106 valence electrons. The zero-order valence-corrected chi connectivity index (χ0v) is 11.8. The van der Waals surface area contributed by atoms with Crippen LogP contribution in [-0.2, 0) is 5.41 Å². The number of hydrogen-bond donors (Lipinski definition) is 1. The first-order valence-electron chi connectivity index (χ1n) is 6.22. The van der Waals surface area contributed by atoms with Gasteiger partial charge in [-0.1, -0.05) is 34.1 Å². The Hall–Kier alpha value is -1.92. The van der Waals surface area contributed by atoms with E-state index in [1.54, 1.807) is 0 Å². The van der Waals surface area contributed by atoms with Gasteiger partial charge in [0.25, 0.3) is 5.88 Å². The molecule has 0 aromatic carbocycles. The number of ether oxygens (including phenoxy) is 1. The first-order chi connectivity index (χ1) is 8.77. The van der Waals surface area contributed by atoms with Crippen molar-refractivity contribution in [1.82, 2.24) is 9.97 Å². The molecular weight excluding hydrogens is 248 g/mol. The molecule has 1 aromatic heterocycles. The molecule has 0 aliphatic heterocycles. The number of unbranched alkanes of at least 4 members (excludes halogenated alkanes) is 1. The topological polar surface area (TPSA) is 104 Å². The lowest BCUT2D eigenvalue weighted by atomic mass is 9.96. The monoisotopic (exact) mass is 268 g/mol. The molecule has 2 N–H and O–H groups in total. The molecule has 19 heavy (non-hydrogen) atoms. The number of nitrogens with two attached hydrogens (primary N) is 1. The van der Waals surface area contributed by atoms with E-state index in [0.29, 0.717) is 12.4 Å². The van der Waals surface area contributed by atoms with Crippen LogP contribution in [0.1, 0.15) is 46.4 Å². The van der Waals surface area contributed by atoms with E-state index in [0.717, 1.165) is 12.8 Å². The van der Waals surface area contributed by atoms with Crippen molar-refractivity contribution in [2.45, 2.75) is 46.0 Å². The molecule has 7 nitrogen and oxygen atoms in total. The SMILES string of the molecule is CCCCOc1nc(C(C)(C)C)nc(N)c1[N+](=O)[O-]. The molecule has 0 saturated heterocycles. The van der Waals surface area contributed by atoms with Crippen molar-refractivity contribution in [3.8, 4) is 5.88 Å². The minimum Gasteiger partial charge on any atom is -0.473 e. The Labute approximate surface area is 112 Å². The fourth-order valence-corrected chi connectivity index (χ4v) is 1.37. The Balaban J connectivity index is 3.21. The summed E-state index contributed by atoms with van der Waals surface area (Å²) in [7, 11) is 0. The smallest absolute Gasteiger partial charge is 0.372 e. The summed E-state index contributed by atoms with van der Waals surface area (Å²) < 4.78 is 5.38. The third-order valence-electron chi connectivity index (χ3n) is 2.47. The summed E-state index contributed by atoms with van der Waals surface area (Å²) in [5.74, 6) is 0.231. The summed E-state index contributed by atoms with van der Waals surface area (Å²) in [6, 6.07) is 0. The number of nitro groups is 1. The summed E-state index contributed by atoms with van der Waals surface area (Å²) in [6.45, 7) is 8.10. The van der Waals surface area contributed by atoms with Gasteiger partial charge in [0, 0.05) is 5.41 Å². The van der Waals surface area contributed by atoms with Crippen LogP contribution in [0.25, 0.3) is 0 Å². The van der Waals surface area contributed by atoms with Gasteiger partial charge in [0.2, 0.25) is 5.82 Å². The van der Waals surface area contributed by atoms with Crippen molar-refractivity contribution >= 4 is 11.5 Å². The van der Waals surface area contributed by atoms with Crippen molar-refractivity contribution in [3.05, 3.63) is 15.9 Å². The van der Waals surface area contributed by atoms with E-state index in [9.17, 15) is 10.1 Å². The number of rotatable bonds is 5. The maximum Gasteiger partial charge on any atom is 0.372 e. The second-order valence-corrected chi connectivity index (χ2v) is 5.30. The second-order valence-electron chi connectivity index (χ2n) is 5.30. The molecule has 0 aliphatic carbocycles. The predicted octanol–water partition coefficient (Wildman–Crippen LogP) is 2.44. The summed E-state index contributed by atoms with van der Waals surface area (Å²) in [5, 5.41) is 11.0. The highest BCUT2D eigenvalue weighted by Gasteiger charge is 2.28. The fourth-order valence-electron chi connectivity index (χ4n) is 1.37. The first kappa shape index (κ1) is 15.1. The Morgan fingerprint density at radius 3 is 2.47 bits per heavy atom. The van der Waals surface area contributed by atoms with Crippen LogP contribution in [0, 0.1) is 10.1 Å². The molecule has 0 aliphatic rings. The Morgan fingerprint density at radius 2 is 2.00 bits per heavy atom. The molecule has 0 spiro atoms. The highest BCUT2D eigenvalue weighted by Crippen LogP contribution is 2.32. The highest BCUT2D eigenvalue weighted by molar-refractivity contribution is 5.59. The van der Waals surface area contributed by atoms with Crippen LogP contribution in [-0.4, -0.2) is 21.5 Å². The fraction of sp³-hybridized carbons (Fsp3) is 0.667. The highest BCUT2D eigenvalue weighted by atomic mass is 16.6. The summed E-state index contributed by atoms with van der Waals surface area (Å²) >= 11 is 0. The van der Waals surface area contributed by atoms with Crippen molar-refractivity contribution in [1.29, 1.82) is 0 Å². The number of nitrogens with zero attached hydrogens (tertiary/aromatic N) is 3. The lowest BCUT2D eigenvalue weighted by Gasteiger charge is -2.17. The lowest BCUT2D eigenvalue weighted by Crippen LogP contribution is -2.19. The van der Waals surface area contributed by atoms with E-state index >= 15 is 0 Å². The van der Waals surface area contributed by atoms with Crippen molar-refractivity contribution < 1.29 is 9.66 Å². The molecule has 0 unspecified atom stereocenters. The number of nitrogen functional groups attached to an aromatic ring is 1. The average Bonchev–Trinajstić information content (AvgIpc) is 2.26. The van der Waals surface area contributed by atoms with E-state index in [1.165, 1.54) is 0 Å². The van der Waals surface area contributed by atoms with E-state index < -0.39 is 4.92 Å². The summed E-state index contributed by atoms with van der Waals surface area (Å²) in [4.78, 5) is 18.5. The minimum absolute atomic E-state index is 0.0455. The molecule has 0 amide bonds. The van der Waals surface area contributed by atoms with Gasteiger partial charge in [0.15, 0.2) is 0 Å². The number of anilines is 1. The predicted molar refractivity (Wildman–Crippen MR) is 72.2 cm³/mol. The first-order valence-corrected chi connectivity index (χ1v) is 6.22. The second kappa shape index (κ2) is 5.81. The van der Waals surface area contributed by atoms with Gasteiger partial charge in [-0.25, -0.2) is 4.98 Å². The van der Waals surface area contributed by atoms with Crippen LogP contribution in [0.4, 0.5) is 11.5 Å². The zero-order valence-electron chi connectivity index (χ0n) is 11.8. The van der Waals surface area contributed by atoms with Crippen LogP contribution in [0.3, 0.4) is 0 Å². The molecule has 1 heterocycles. The van der Waals surface area contributed by atoms with Crippen LogP contribution >= 0.6 is 0 Å². The number of hydrogen-bond acceptors (Lipinski definition) is 6. The Morgan fingerprint density at radius 1 is 1.37 bits per heavy atom. The molecule has 0 radical (unpaired) electrons. The van der Waals surface area contributed by atoms with Gasteiger partial charge in [-0.15, -0.1) is 0 Å². The van der Waals surface area contributed by atoms with Gasteiger partial charge < -0.3 is 10.5 Å². The maximum absolute atomic E-state index is 11.0. The van der Waals surface area contributed by atoms with Gasteiger partial charge in [-0.2, -0.15) is 4.98 Å². The van der Waals surface area contributed by atoms with Gasteiger partial charge in [0.05, 0.1) is 11.5 Å². The van der Waals surface area contributed by atoms with Crippen LogP contribution in [0.5, 0.6) is 5.88 Å². The van der Waals surface area contributed by atoms with E-state index in [4.69, 9.17) is 10.5 Å². The quantitative estimate of drug-likeness (QED) is 0.499. The summed E-state index contributed by atoms with van der Waals surface area (Å²) in [5.41, 5.74) is 4.94. The molecule has 0 fully saturated rings. The largest absolute Gasteiger partial charge is 0.473 e. The normalized spacial score (nSPS) is 11.4. The van der Waals surface area contributed by atoms with Crippen molar-refractivity contribution in [2.75, 3.05) is 12.3 Å². The van der Waals surface area contributed by atoms with Crippen LogP contribution in [0.15, 0.2) is 0 Å². The molecule has 0 bridgehead atoms. The van der Waals surface area contributed by atoms with Gasteiger partial charge in [-0.05, 0) is 6.42 Å². The van der Waals surface area contributed by atoms with Crippen molar-refractivity contribution in [3.63, 3.8) is 0 Å². The third kappa shape index (κ3) is 3.77. The Bertz CT molecular complexity index is 469. The maximum atomic E-state index is 11.0. The average molecular weight is 268 g/mol. The van der Waals surface area contributed by atoms with E-state index in [1.807, 2.05) is 27.7 Å². The zero-order chi connectivity index (χ0) is 14.6. The van der Waals surface area contributed by atoms with Crippen LogP contribution < -0.4 is 10.5 Å². The van der Waals surface area contributed by atoms with E-state index in [2.05, 4.69) is 9.97 Å².